The Hall–Kier alpha value is -4.14. The fraction of sp³-hybridized carbons (Fsp3) is 0.143. The van der Waals surface area contributed by atoms with E-state index in [1.54, 1.807) is 42.5 Å². The second-order valence-corrected chi connectivity index (χ2v) is 6.31. The summed E-state index contributed by atoms with van der Waals surface area (Å²) in [4.78, 5) is 46.7. The minimum atomic E-state index is -0.526. The molecule has 30 heavy (non-hydrogen) atoms. The van der Waals surface area contributed by atoms with Gasteiger partial charge in [0.15, 0.2) is 6.61 Å². The highest BCUT2D eigenvalue weighted by molar-refractivity contribution is 6.04. The van der Waals surface area contributed by atoms with Gasteiger partial charge in [0.1, 0.15) is 11.3 Å². The van der Waals surface area contributed by atoms with Crippen molar-refractivity contribution >= 4 is 34.4 Å². The van der Waals surface area contributed by atoms with Gasteiger partial charge in [-0.25, -0.2) is 4.79 Å². The summed E-state index contributed by atoms with van der Waals surface area (Å²) in [5, 5.41) is 5.91. The average molecular weight is 409 g/mol. The smallest absolute Gasteiger partial charge is 0.336 e. The van der Waals surface area contributed by atoms with Gasteiger partial charge in [-0.15, -0.1) is 0 Å². The van der Waals surface area contributed by atoms with Crippen molar-refractivity contribution in [2.75, 3.05) is 18.5 Å². The lowest BCUT2D eigenvalue weighted by Crippen LogP contribution is -2.29. The normalized spacial score (nSPS) is 10.4. The Morgan fingerprint density at radius 1 is 1.03 bits per heavy atom. The largest absolute Gasteiger partial charge is 0.484 e. The molecule has 0 atom stereocenters. The van der Waals surface area contributed by atoms with Crippen molar-refractivity contribution in [1.82, 2.24) is 5.32 Å². The highest BCUT2D eigenvalue weighted by Crippen LogP contribution is 2.20. The lowest BCUT2D eigenvalue weighted by molar-refractivity contribution is -0.118. The number of para-hydroxylation sites is 1. The first-order chi connectivity index (χ1) is 14.4. The third-order valence-electron chi connectivity index (χ3n) is 4.07. The summed E-state index contributed by atoms with van der Waals surface area (Å²) in [5.74, 6) is -1.11. The first-order valence-electron chi connectivity index (χ1n) is 9.04. The van der Waals surface area contributed by atoms with Gasteiger partial charge in [0.2, 0.25) is 5.91 Å². The number of fused-ring (bicyclic) bond motifs is 1. The maximum absolute atomic E-state index is 12.3. The fourth-order valence-electron chi connectivity index (χ4n) is 2.65. The van der Waals surface area contributed by atoms with Crippen molar-refractivity contribution in [3.63, 3.8) is 0 Å². The lowest BCUT2D eigenvalue weighted by Gasteiger charge is -2.12. The fourth-order valence-corrected chi connectivity index (χ4v) is 2.65. The summed E-state index contributed by atoms with van der Waals surface area (Å²) >= 11 is 0. The molecule has 0 saturated heterocycles. The topological polar surface area (TPSA) is 141 Å². The molecule has 1 heterocycles. The van der Waals surface area contributed by atoms with Gasteiger partial charge in [0, 0.05) is 30.5 Å². The van der Waals surface area contributed by atoms with Crippen molar-refractivity contribution in [3.8, 4) is 5.75 Å². The highest BCUT2D eigenvalue weighted by Gasteiger charge is 2.13. The van der Waals surface area contributed by atoms with Crippen LogP contribution < -0.4 is 26.7 Å². The van der Waals surface area contributed by atoms with Gasteiger partial charge in [-0.1, -0.05) is 12.1 Å². The molecule has 9 nitrogen and oxygen atoms in total. The van der Waals surface area contributed by atoms with Crippen molar-refractivity contribution in [2.24, 2.45) is 5.73 Å². The molecule has 0 bridgehead atoms. The maximum Gasteiger partial charge on any atom is 0.336 e. The van der Waals surface area contributed by atoms with Crippen molar-refractivity contribution in [2.45, 2.75) is 6.42 Å². The van der Waals surface area contributed by atoms with Gasteiger partial charge in [-0.3, -0.25) is 14.4 Å². The van der Waals surface area contributed by atoms with Crippen molar-refractivity contribution in [1.29, 1.82) is 0 Å². The second kappa shape index (κ2) is 9.37. The molecule has 0 saturated carbocycles. The van der Waals surface area contributed by atoms with Crippen LogP contribution >= 0.6 is 0 Å². The first-order valence-corrected chi connectivity index (χ1v) is 9.04. The summed E-state index contributed by atoms with van der Waals surface area (Å²) in [6, 6.07) is 14.3. The Kier molecular flexibility index (Phi) is 6.43. The molecule has 0 aliphatic carbocycles. The van der Waals surface area contributed by atoms with E-state index in [1.807, 2.05) is 0 Å². The van der Waals surface area contributed by atoms with Crippen LogP contribution in [-0.4, -0.2) is 30.9 Å². The molecule has 3 amide bonds. The third kappa shape index (κ3) is 5.44. The number of primary amides is 1. The minimum Gasteiger partial charge on any atom is -0.484 e. The second-order valence-electron chi connectivity index (χ2n) is 6.31. The molecule has 0 spiro atoms. The number of benzene rings is 2. The van der Waals surface area contributed by atoms with Crippen molar-refractivity contribution < 1.29 is 23.5 Å². The quantitative estimate of drug-likeness (QED) is 0.481. The number of hydrogen-bond acceptors (Lipinski definition) is 6. The molecule has 154 valence electrons. The molecular weight excluding hydrogens is 390 g/mol. The van der Waals surface area contributed by atoms with Gasteiger partial charge >= 0.3 is 5.63 Å². The van der Waals surface area contributed by atoms with E-state index in [2.05, 4.69) is 10.6 Å². The van der Waals surface area contributed by atoms with Gasteiger partial charge in [0.05, 0.1) is 11.3 Å². The summed E-state index contributed by atoms with van der Waals surface area (Å²) in [5.41, 5.74) is 5.45. The van der Waals surface area contributed by atoms with Crippen molar-refractivity contribution in [3.05, 3.63) is 70.6 Å². The highest BCUT2D eigenvalue weighted by atomic mass is 16.5. The zero-order valence-corrected chi connectivity index (χ0v) is 15.8. The Labute approximate surface area is 170 Å². The maximum atomic E-state index is 12.3. The molecule has 0 aliphatic heterocycles. The minimum absolute atomic E-state index is 0.0139. The van der Waals surface area contributed by atoms with E-state index in [0.717, 1.165) is 5.39 Å². The monoisotopic (exact) mass is 409 g/mol. The average Bonchev–Trinajstić information content (AvgIpc) is 2.72. The summed E-state index contributed by atoms with van der Waals surface area (Å²) in [6.45, 7) is -0.224. The molecular formula is C21H19N3O6. The number of amides is 3. The van der Waals surface area contributed by atoms with Gasteiger partial charge in [-0.05, 0) is 30.3 Å². The predicted molar refractivity (Wildman–Crippen MR) is 109 cm³/mol. The predicted octanol–water partition coefficient (Wildman–Crippen LogP) is 1.42. The molecule has 3 aromatic rings. The SMILES string of the molecule is NC(=O)CCNC(=O)c1ccccc1NC(=O)COc1ccc2ccc(=O)oc2c1. The lowest BCUT2D eigenvalue weighted by atomic mass is 10.1. The standard InChI is InChI=1S/C21H19N3O6/c22-18(25)9-10-23-21(28)15-3-1-2-4-16(15)24-19(26)12-29-14-7-5-13-6-8-20(27)30-17(13)11-14/h1-8,11H,9-10,12H2,(H2,22,25)(H,23,28)(H,24,26). The van der Waals surface area contributed by atoms with E-state index in [1.165, 1.54) is 12.1 Å². The van der Waals surface area contributed by atoms with E-state index in [-0.39, 0.29) is 25.1 Å². The molecule has 4 N–H and O–H groups in total. The van der Waals surface area contributed by atoms with Crippen LogP contribution in [0.4, 0.5) is 5.69 Å². The Bertz CT molecular complexity index is 1150. The number of rotatable bonds is 8. The number of hydrogen-bond donors (Lipinski definition) is 3. The Morgan fingerprint density at radius 3 is 2.60 bits per heavy atom. The zero-order valence-electron chi connectivity index (χ0n) is 15.8. The Balaban J connectivity index is 1.62. The molecule has 3 rings (SSSR count). The molecule has 0 fully saturated rings. The van der Waals surface area contributed by atoms with Crippen LogP contribution in [0.25, 0.3) is 11.0 Å². The van der Waals surface area contributed by atoms with E-state index in [0.29, 0.717) is 17.0 Å². The number of nitrogens with one attached hydrogen (secondary N) is 2. The van der Waals surface area contributed by atoms with Crippen LogP contribution in [0.1, 0.15) is 16.8 Å². The van der Waals surface area contributed by atoms with Crippen LogP contribution in [0.5, 0.6) is 5.75 Å². The van der Waals surface area contributed by atoms with E-state index in [4.69, 9.17) is 14.9 Å². The molecule has 1 aromatic heterocycles. The van der Waals surface area contributed by atoms with Crippen LogP contribution in [0.15, 0.2) is 63.8 Å². The summed E-state index contributed by atoms with van der Waals surface area (Å²) < 4.78 is 10.5. The summed E-state index contributed by atoms with van der Waals surface area (Å²) in [7, 11) is 0. The van der Waals surface area contributed by atoms with Crippen LogP contribution in [0, 0.1) is 0 Å². The van der Waals surface area contributed by atoms with Gasteiger partial charge in [-0.2, -0.15) is 0 Å². The van der Waals surface area contributed by atoms with E-state index >= 15 is 0 Å². The number of anilines is 1. The molecule has 0 radical (unpaired) electrons. The van der Waals surface area contributed by atoms with Gasteiger partial charge < -0.3 is 25.5 Å². The molecule has 0 unspecified atom stereocenters. The number of carbonyl (C=O) groups is 3. The molecule has 0 aliphatic rings. The van der Waals surface area contributed by atoms with Crippen LogP contribution in [0.3, 0.4) is 0 Å². The molecule has 9 heteroatoms. The third-order valence-corrected chi connectivity index (χ3v) is 4.07. The first kappa shape index (κ1) is 20.6. The van der Waals surface area contributed by atoms with Crippen LogP contribution in [-0.2, 0) is 9.59 Å². The number of carbonyl (C=O) groups excluding carboxylic acids is 3. The number of ether oxygens (including phenoxy) is 1. The van der Waals surface area contributed by atoms with Crippen LogP contribution in [0.2, 0.25) is 0 Å². The zero-order chi connectivity index (χ0) is 21.5. The van der Waals surface area contributed by atoms with Gasteiger partial charge in [0.25, 0.3) is 11.8 Å². The summed E-state index contributed by atoms with van der Waals surface area (Å²) in [6.07, 6.45) is 0.0139. The molecule has 2 aromatic carbocycles. The van der Waals surface area contributed by atoms with E-state index < -0.39 is 23.3 Å². The van der Waals surface area contributed by atoms with E-state index in [9.17, 15) is 19.2 Å². The Morgan fingerprint density at radius 2 is 1.80 bits per heavy atom. The number of nitrogens with two attached hydrogens (primary N) is 1.